The number of aliphatic hydroxyl groups is 1. The molecule has 0 atom stereocenters. The molecular formula is C33H26N4O. The van der Waals surface area contributed by atoms with Crippen LogP contribution >= 0.6 is 0 Å². The van der Waals surface area contributed by atoms with Gasteiger partial charge in [-0.1, -0.05) is 133 Å². The molecule has 6 aromatic rings. The van der Waals surface area contributed by atoms with Crippen molar-refractivity contribution in [3.63, 3.8) is 0 Å². The van der Waals surface area contributed by atoms with Crippen LogP contribution in [-0.2, 0) is 12.1 Å². The SMILES string of the molecule is OCc1ccc(-c2ccccc2)c(-c2nnnn2C(c2ccccc2)(c2ccccc2)c2ccccc2)c1. The summed E-state index contributed by atoms with van der Waals surface area (Å²) in [5.74, 6) is 0.607. The van der Waals surface area contributed by atoms with E-state index in [4.69, 9.17) is 0 Å². The van der Waals surface area contributed by atoms with E-state index in [1.165, 1.54) is 0 Å². The van der Waals surface area contributed by atoms with Gasteiger partial charge in [-0.2, -0.15) is 0 Å². The fourth-order valence-electron chi connectivity index (χ4n) is 5.23. The van der Waals surface area contributed by atoms with E-state index < -0.39 is 5.54 Å². The van der Waals surface area contributed by atoms with Gasteiger partial charge in [-0.15, -0.1) is 5.10 Å². The van der Waals surface area contributed by atoms with Crippen LogP contribution in [0.3, 0.4) is 0 Å². The first-order chi connectivity index (χ1) is 18.8. The van der Waals surface area contributed by atoms with E-state index in [0.29, 0.717) is 5.82 Å². The fourth-order valence-corrected chi connectivity index (χ4v) is 5.23. The van der Waals surface area contributed by atoms with Crippen molar-refractivity contribution < 1.29 is 5.11 Å². The summed E-state index contributed by atoms with van der Waals surface area (Å²) in [6.07, 6.45) is 0. The normalized spacial score (nSPS) is 11.4. The van der Waals surface area contributed by atoms with E-state index >= 15 is 0 Å². The summed E-state index contributed by atoms with van der Waals surface area (Å²) in [6.45, 7) is -0.0785. The van der Waals surface area contributed by atoms with E-state index in [9.17, 15) is 5.11 Å². The van der Waals surface area contributed by atoms with Gasteiger partial charge in [0.05, 0.1) is 6.61 Å². The molecule has 1 aromatic heterocycles. The van der Waals surface area contributed by atoms with Crippen LogP contribution in [0.5, 0.6) is 0 Å². The molecule has 5 nitrogen and oxygen atoms in total. The Bertz CT molecular complexity index is 1540. The highest BCUT2D eigenvalue weighted by molar-refractivity contribution is 5.81. The number of hydrogen-bond acceptors (Lipinski definition) is 4. The van der Waals surface area contributed by atoms with Gasteiger partial charge in [0.15, 0.2) is 5.82 Å². The second-order valence-electron chi connectivity index (χ2n) is 9.13. The quantitative estimate of drug-likeness (QED) is 0.263. The average Bonchev–Trinajstić information content (AvgIpc) is 3.49. The molecule has 0 fully saturated rings. The standard InChI is InChI=1S/C33H26N4O/c38-24-25-21-22-30(26-13-5-1-6-14-26)31(23-25)32-34-35-36-37(32)33(27-15-7-2-8-16-27,28-17-9-3-10-18-28)29-19-11-4-12-20-29/h1-23,38H,24H2. The third-order valence-electron chi connectivity index (χ3n) is 6.95. The van der Waals surface area contributed by atoms with E-state index in [2.05, 4.69) is 64.1 Å². The van der Waals surface area contributed by atoms with Crippen LogP contribution in [0.4, 0.5) is 0 Å². The van der Waals surface area contributed by atoms with Gasteiger partial charge >= 0.3 is 0 Å². The number of benzene rings is 5. The highest BCUT2D eigenvalue weighted by Crippen LogP contribution is 2.43. The monoisotopic (exact) mass is 494 g/mol. The van der Waals surface area contributed by atoms with Crippen molar-refractivity contribution in [1.29, 1.82) is 0 Å². The minimum atomic E-state index is -0.855. The topological polar surface area (TPSA) is 63.8 Å². The van der Waals surface area contributed by atoms with Crippen LogP contribution in [0, 0.1) is 0 Å². The van der Waals surface area contributed by atoms with Crippen molar-refractivity contribution in [2.45, 2.75) is 12.1 Å². The maximum atomic E-state index is 10.0. The van der Waals surface area contributed by atoms with Crippen LogP contribution in [0.25, 0.3) is 22.5 Å². The number of tetrazole rings is 1. The van der Waals surface area contributed by atoms with Crippen molar-refractivity contribution in [3.05, 3.63) is 162 Å². The molecule has 1 N–H and O–H groups in total. The summed E-state index contributed by atoms with van der Waals surface area (Å²) < 4.78 is 1.93. The zero-order chi connectivity index (χ0) is 25.8. The largest absolute Gasteiger partial charge is 0.392 e. The van der Waals surface area contributed by atoms with Crippen molar-refractivity contribution in [1.82, 2.24) is 20.2 Å². The highest BCUT2D eigenvalue weighted by Gasteiger charge is 2.42. The maximum Gasteiger partial charge on any atom is 0.184 e. The van der Waals surface area contributed by atoms with Gasteiger partial charge in [0.1, 0.15) is 5.54 Å². The molecule has 5 aromatic carbocycles. The minimum Gasteiger partial charge on any atom is -0.392 e. The molecule has 0 amide bonds. The molecule has 5 heteroatoms. The first kappa shape index (κ1) is 23.5. The number of rotatable bonds is 7. The number of nitrogens with zero attached hydrogens (tertiary/aromatic N) is 4. The van der Waals surface area contributed by atoms with E-state index in [1.807, 2.05) is 95.7 Å². The maximum absolute atomic E-state index is 10.0. The van der Waals surface area contributed by atoms with E-state index in [0.717, 1.165) is 38.9 Å². The van der Waals surface area contributed by atoms with Gasteiger partial charge in [0.2, 0.25) is 0 Å². The van der Waals surface area contributed by atoms with Gasteiger partial charge in [-0.05, 0) is 49.9 Å². The Kier molecular flexibility index (Phi) is 6.34. The Morgan fingerprint density at radius 2 is 1.08 bits per heavy atom. The summed E-state index contributed by atoms with van der Waals surface area (Å²) in [6, 6.07) is 47.2. The van der Waals surface area contributed by atoms with Crippen molar-refractivity contribution in [2.75, 3.05) is 0 Å². The van der Waals surface area contributed by atoms with Crippen LogP contribution in [0.2, 0.25) is 0 Å². The summed E-state index contributed by atoms with van der Waals surface area (Å²) in [5.41, 5.74) is 5.92. The zero-order valence-electron chi connectivity index (χ0n) is 20.7. The van der Waals surface area contributed by atoms with Crippen LogP contribution < -0.4 is 0 Å². The smallest absolute Gasteiger partial charge is 0.184 e. The zero-order valence-corrected chi connectivity index (χ0v) is 20.7. The molecule has 0 unspecified atom stereocenters. The lowest BCUT2D eigenvalue weighted by Gasteiger charge is -2.36. The van der Waals surface area contributed by atoms with Gasteiger partial charge < -0.3 is 5.11 Å². The third kappa shape index (κ3) is 3.99. The Morgan fingerprint density at radius 3 is 1.58 bits per heavy atom. The average molecular weight is 495 g/mol. The molecule has 0 saturated heterocycles. The Labute approximate surface area is 221 Å². The summed E-state index contributed by atoms with van der Waals surface area (Å²) in [4.78, 5) is 0. The number of hydrogen-bond donors (Lipinski definition) is 1. The molecule has 0 bridgehead atoms. The molecule has 0 saturated carbocycles. The molecule has 6 rings (SSSR count). The predicted octanol–water partition coefficient (Wildman–Crippen LogP) is 6.34. The van der Waals surface area contributed by atoms with Crippen molar-refractivity contribution >= 4 is 0 Å². The molecule has 38 heavy (non-hydrogen) atoms. The molecule has 0 radical (unpaired) electrons. The van der Waals surface area contributed by atoms with Gasteiger partial charge in [0, 0.05) is 5.56 Å². The Hall–Kier alpha value is -4.87. The highest BCUT2D eigenvalue weighted by atomic mass is 16.3. The summed E-state index contributed by atoms with van der Waals surface area (Å²) in [7, 11) is 0. The summed E-state index contributed by atoms with van der Waals surface area (Å²) >= 11 is 0. The van der Waals surface area contributed by atoms with E-state index in [-0.39, 0.29) is 6.61 Å². The number of aliphatic hydroxyl groups excluding tert-OH is 1. The minimum absolute atomic E-state index is 0.0785. The molecule has 0 aliphatic carbocycles. The van der Waals surface area contributed by atoms with Crippen LogP contribution in [0.1, 0.15) is 22.3 Å². The van der Waals surface area contributed by atoms with Crippen LogP contribution in [-0.4, -0.2) is 25.3 Å². The second kappa shape index (κ2) is 10.2. The lowest BCUT2D eigenvalue weighted by Crippen LogP contribution is -2.39. The Morgan fingerprint density at radius 1 is 0.579 bits per heavy atom. The first-order valence-electron chi connectivity index (χ1n) is 12.6. The van der Waals surface area contributed by atoms with Gasteiger partial charge in [-0.25, -0.2) is 4.68 Å². The molecule has 0 spiro atoms. The lowest BCUT2D eigenvalue weighted by atomic mass is 9.77. The second-order valence-corrected chi connectivity index (χ2v) is 9.13. The lowest BCUT2D eigenvalue weighted by molar-refractivity contribution is 0.282. The molecule has 1 heterocycles. The summed E-state index contributed by atoms with van der Waals surface area (Å²) in [5, 5.41) is 23.5. The molecular weight excluding hydrogens is 468 g/mol. The van der Waals surface area contributed by atoms with E-state index in [1.54, 1.807) is 0 Å². The van der Waals surface area contributed by atoms with Crippen molar-refractivity contribution in [2.24, 2.45) is 0 Å². The first-order valence-corrected chi connectivity index (χ1v) is 12.6. The van der Waals surface area contributed by atoms with Gasteiger partial charge in [0.25, 0.3) is 0 Å². The number of aromatic nitrogens is 4. The predicted molar refractivity (Wildman–Crippen MR) is 149 cm³/mol. The van der Waals surface area contributed by atoms with Crippen molar-refractivity contribution in [3.8, 4) is 22.5 Å². The third-order valence-corrected chi connectivity index (χ3v) is 6.95. The fraction of sp³-hybridized carbons (Fsp3) is 0.0606. The molecule has 184 valence electrons. The van der Waals surface area contributed by atoms with Crippen LogP contribution in [0.15, 0.2) is 140 Å². The van der Waals surface area contributed by atoms with Gasteiger partial charge in [-0.3, -0.25) is 0 Å². The molecule has 0 aliphatic heterocycles. The Balaban J connectivity index is 1.72. The molecule has 0 aliphatic rings.